The van der Waals surface area contributed by atoms with Gasteiger partial charge in [0.05, 0.1) is 19.1 Å². The molecule has 11 heteroatoms. The first-order valence-corrected chi connectivity index (χ1v) is 11.5. The van der Waals surface area contributed by atoms with Gasteiger partial charge in [-0.25, -0.2) is 8.42 Å². The van der Waals surface area contributed by atoms with Crippen molar-refractivity contribution in [2.45, 2.75) is 23.7 Å². The van der Waals surface area contributed by atoms with E-state index in [0.717, 1.165) is 10.6 Å². The maximum atomic E-state index is 12.7. The highest BCUT2D eigenvalue weighted by atomic mass is 32.2. The van der Waals surface area contributed by atoms with Gasteiger partial charge in [-0.3, -0.25) is 14.4 Å². The molecule has 1 aromatic heterocycles. The van der Waals surface area contributed by atoms with Gasteiger partial charge in [-0.2, -0.15) is 0 Å². The predicted molar refractivity (Wildman–Crippen MR) is 105 cm³/mol. The van der Waals surface area contributed by atoms with Crippen LogP contribution < -0.4 is 14.4 Å². The van der Waals surface area contributed by atoms with E-state index in [1.807, 2.05) is 6.26 Å². The van der Waals surface area contributed by atoms with Crippen molar-refractivity contribution in [3.05, 3.63) is 24.3 Å². The number of rotatable bonds is 8. The van der Waals surface area contributed by atoms with Crippen molar-refractivity contribution in [3.8, 4) is 5.75 Å². The lowest BCUT2D eigenvalue weighted by Crippen LogP contribution is -2.46. The zero-order valence-electron chi connectivity index (χ0n) is 14.8. The van der Waals surface area contributed by atoms with Gasteiger partial charge in [0.1, 0.15) is 11.8 Å². The molecular weight excluding hydrogens is 396 g/mol. The molecule has 1 unspecified atom stereocenters. The van der Waals surface area contributed by atoms with Gasteiger partial charge in [-0.15, -0.1) is 10.2 Å². The van der Waals surface area contributed by atoms with Crippen molar-refractivity contribution in [1.29, 1.82) is 0 Å². The number of nitrogens with one attached hydrogen (secondary N) is 1. The molecule has 1 atom stereocenters. The van der Waals surface area contributed by atoms with E-state index in [9.17, 15) is 13.2 Å². The molecule has 0 aliphatic carbocycles. The van der Waals surface area contributed by atoms with Gasteiger partial charge in [0, 0.05) is 0 Å². The maximum absolute atomic E-state index is 12.7. The highest BCUT2D eigenvalue weighted by molar-refractivity contribution is 8.00. The molecule has 0 aliphatic rings. The summed E-state index contributed by atoms with van der Waals surface area (Å²) in [5.41, 5.74) is 0.386. The summed E-state index contributed by atoms with van der Waals surface area (Å²) < 4.78 is 31.7. The van der Waals surface area contributed by atoms with Crippen molar-refractivity contribution < 1.29 is 17.9 Å². The molecule has 0 saturated heterocycles. The third-order valence-electron chi connectivity index (χ3n) is 3.47. The van der Waals surface area contributed by atoms with E-state index in [1.165, 1.54) is 30.2 Å². The highest BCUT2D eigenvalue weighted by Crippen LogP contribution is 2.27. The number of carbonyl (C=O) groups excluding carboxylic acids is 1. The number of ether oxygens (including phenoxy) is 1. The van der Waals surface area contributed by atoms with Crippen LogP contribution in [-0.2, 0) is 14.8 Å². The van der Waals surface area contributed by atoms with Crippen LogP contribution in [0.15, 0.2) is 28.6 Å². The Morgan fingerprint density at radius 2 is 2.00 bits per heavy atom. The number of carbonyl (C=O) groups is 1. The number of methoxy groups -OCH3 is 1. The number of aromatic nitrogens is 2. The van der Waals surface area contributed by atoms with Crippen LogP contribution in [0.2, 0.25) is 0 Å². The standard InChI is InChI=1S/C15H20N4O4S3/c1-5-12(13(20)16-14-17-18-15(24-3)25-14)19(26(4,21)22)10-6-8-11(23-2)9-7-10/h6-9,12H,5H2,1-4H3,(H,16,17,20). The van der Waals surface area contributed by atoms with Crippen molar-refractivity contribution in [3.63, 3.8) is 0 Å². The van der Waals surface area contributed by atoms with Gasteiger partial charge >= 0.3 is 0 Å². The third kappa shape index (κ3) is 4.86. The van der Waals surface area contributed by atoms with Crippen molar-refractivity contribution >= 4 is 49.8 Å². The number of hydrogen-bond acceptors (Lipinski definition) is 8. The second-order valence-corrected chi connectivity index (χ2v) is 9.14. The maximum Gasteiger partial charge on any atom is 0.250 e. The third-order valence-corrected chi connectivity index (χ3v) is 6.46. The fourth-order valence-electron chi connectivity index (χ4n) is 2.32. The van der Waals surface area contributed by atoms with E-state index in [0.29, 0.717) is 27.3 Å². The first-order valence-electron chi connectivity index (χ1n) is 7.62. The van der Waals surface area contributed by atoms with Gasteiger partial charge < -0.3 is 4.74 Å². The molecule has 0 saturated carbocycles. The number of thioether (sulfide) groups is 1. The molecule has 0 radical (unpaired) electrons. The second kappa shape index (κ2) is 8.69. The molecule has 1 N–H and O–H groups in total. The van der Waals surface area contributed by atoms with Crippen LogP contribution in [-0.4, -0.2) is 50.2 Å². The van der Waals surface area contributed by atoms with E-state index in [-0.39, 0.29) is 0 Å². The molecule has 8 nitrogen and oxygen atoms in total. The number of amides is 1. The summed E-state index contributed by atoms with van der Waals surface area (Å²) >= 11 is 2.65. The van der Waals surface area contributed by atoms with E-state index >= 15 is 0 Å². The molecule has 2 rings (SSSR count). The van der Waals surface area contributed by atoms with Crippen molar-refractivity contribution in [1.82, 2.24) is 10.2 Å². The van der Waals surface area contributed by atoms with Crippen LogP contribution in [0.5, 0.6) is 5.75 Å². The monoisotopic (exact) mass is 416 g/mol. The Kier molecular flexibility index (Phi) is 6.84. The van der Waals surface area contributed by atoms with Crippen LogP contribution in [0.4, 0.5) is 10.8 Å². The number of benzene rings is 1. The summed E-state index contributed by atoms with van der Waals surface area (Å²) in [6.45, 7) is 1.75. The minimum atomic E-state index is -3.69. The number of nitrogens with zero attached hydrogens (tertiary/aromatic N) is 3. The zero-order chi connectivity index (χ0) is 19.3. The van der Waals surface area contributed by atoms with Crippen LogP contribution in [0.3, 0.4) is 0 Å². The SMILES string of the molecule is CCC(C(=O)Nc1nnc(SC)s1)N(c1ccc(OC)cc1)S(C)(=O)=O. The summed E-state index contributed by atoms with van der Waals surface area (Å²) in [7, 11) is -2.17. The molecule has 1 aromatic carbocycles. The molecule has 0 aliphatic heterocycles. The summed E-state index contributed by atoms with van der Waals surface area (Å²) in [5, 5.41) is 10.8. The smallest absolute Gasteiger partial charge is 0.250 e. The van der Waals surface area contributed by atoms with Crippen LogP contribution in [0.1, 0.15) is 13.3 Å². The van der Waals surface area contributed by atoms with Crippen LogP contribution in [0.25, 0.3) is 0 Å². The number of anilines is 2. The first-order chi connectivity index (χ1) is 12.3. The van der Waals surface area contributed by atoms with Gasteiger partial charge in [0.25, 0.3) is 0 Å². The molecule has 2 aromatic rings. The fourth-order valence-corrected chi connectivity index (χ4v) is 4.71. The Labute approximate surface area is 161 Å². The lowest BCUT2D eigenvalue weighted by atomic mass is 10.2. The molecule has 0 bridgehead atoms. The zero-order valence-corrected chi connectivity index (χ0v) is 17.2. The Balaban J connectivity index is 2.32. The van der Waals surface area contributed by atoms with Crippen LogP contribution in [0, 0.1) is 0 Å². The van der Waals surface area contributed by atoms with Crippen LogP contribution >= 0.6 is 23.1 Å². The normalized spacial score (nSPS) is 12.5. The van der Waals surface area contributed by atoms with Gasteiger partial charge in [-0.05, 0) is 36.9 Å². The summed E-state index contributed by atoms with van der Waals surface area (Å²) in [5.74, 6) is 0.135. The molecule has 26 heavy (non-hydrogen) atoms. The van der Waals surface area contributed by atoms with Gasteiger partial charge in [-0.1, -0.05) is 30.0 Å². The molecule has 142 valence electrons. The van der Waals surface area contributed by atoms with E-state index in [2.05, 4.69) is 15.5 Å². The topological polar surface area (TPSA) is 101 Å². The molecular formula is C15H20N4O4S3. The average molecular weight is 417 g/mol. The minimum Gasteiger partial charge on any atom is -0.497 e. The Morgan fingerprint density at radius 1 is 1.35 bits per heavy atom. The number of sulfonamides is 1. The Morgan fingerprint density at radius 3 is 2.46 bits per heavy atom. The predicted octanol–water partition coefficient (Wildman–Crippen LogP) is 2.45. The van der Waals surface area contributed by atoms with E-state index < -0.39 is 22.0 Å². The fraction of sp³-hybridized carbons (Fsp3) is 0.400. The molecule has 0 spiro atoms. The summed E-state index contributed by atoms with van der Waals surface area (Å²) in [4.78, 5) is 12.7. The lowest BCUT2D eigenvalue weighted by Gasteiger charge is -2.29. The largest absolute Gasteiger partial charge is 0.497 e. The van der Waals surface area contributed by atoms with Crippen molar-refractivity contribution in [2.24, 2.45) is 0 Å². The molecule has 1 amide bonds. The molecule has 0 fully saturated rings. The van der Waals surface area contributed by atoms with Gasteiger partial charge in [0.15, 0.2) is 4.34 Å². The quantitative estimate of drug-likeness (QED) is 0.521. The lowest BCUT2D eigenvalue weighted by molar-refractivity contribution is -0.117. The minimum absolute atomic E-state index is 0.291. The summed E-state index contributed by atoms with van der Waals surface area (Å²) in [6, 6.07) is 5.58. The van der Waals surface area contributed by atoms with Crippen molar-refractivity contribution in [2.75, 3.05) is 29.2 Å². The molecule has 1 heterocycles. The average Bonchev–Trinajstić information content (AvgIpc) is 3.06. The van der Waals surface area contributed by atoms with E-state index in [4.69, 9.17) is 4.74 Å². The summed E-state index contributed by atoms with van der Waals surface area (Å²) in [6.07, 6.45) is 3.22. The second-order valence-electron chi connectivity index (χ2n) is 5.25. The Hall–Kier alpha value is -1.85. The highest BCUT2D eigenvalue weighted by Gasteiger charge is 2.32. The van der Waals surface area contributed by atoms with E-state index in [1.54, 1.807) is 31.2 Å². The first kappa shape index (κ1) is 20.5. The van der Waals surface area contributed by atoms with Gasteiger partial charge in [0.2, 0.25) is 21.1 Å². The Bertz CT molecular complexity index is 852. The number of hydrogen-bond donors (Lipinski definition) is 1.